The van der Waals surface area contributed by atoms with Crippen LogP contribution in [0.25, 0.3) is 5.76 Å². The van der Waals surface area contributed by atoms with Gasteiger partial charge in [0.2, 0.25) is 0 Å². The van der Waals surface area contributed by atoms with Gasteiger partial charge in [-0.3, -0.25) is 9.59 Å². The van der Waals surface area contributed by atoms with Crippen molar-refractivity contribution in [1.82, 2.24) is 9.80 Å². The van der Waals surface area contributed by atoms with E-state index in [1.165, 1.54) is 4.90 Å². The summed E-state index contributed by atoms with van der Waals surface area (Å²) in [6.45, 7) is 5.74. The fraction of sp³-hybridized carbons (Fsp3) is 0.312. The standard InChI is InChI=1S/C32H36N2O6/c1-5-38-25-15-16-26(27(20-25)39-6-2)30(35)28-29(34(18-17-33(3)4)32(37)31(28)36)23-13-10-14-24(19-23)40-21-22-11-8-7-9-12-22/h7-16,19-20,29,35H,5-6,17-18,21H2,1-4H3/b30-28+. The Morgan fingerprint density at radius 3 is 2.30 bits per heavy atom. The van der Waals surface area contributed by atoms with Gasteiger partial charge < -0.3 is 29.1 Å². The van der Waals surface area contributed by atoms with Gasteiger partial charge in [0.1, 0.15) is 29.6 Å². The van der Waals surface area contributed by atoms with Gasteiger partial charge in [0.25, 0.3) is 11.7 Å². The van der Waals surface area contributed by atoms with E-state index in [2.05, 4.69) is 0 Å². The number of nitrogens with zero attached hydrogens (tertiary/aromatic N) is 2. The Morgan fingerprint density at radius 2 is 1.60 bits per heavy atom. The minimum Gasteiger partial charge on any atom is -0.507 e. The Labute approximate surface area is 235 Å². The molecule has 0 spiro atoms. The summed E-state index contributed by atoms with van der Waals surface area (Å²) in [5.41, 5.74) is 2.00. The second-order valence-corrected chi connectivity index (χ2v) is 9.67. The van der Waals surface area contributed by atoms with Gasteiger partial charge in [0.05, 0.1) is 30.4 Å². The molecule has 8 heteroatoms. The van der Waals surface area contributed by atoms with Gasteiger partial charge in [0, 0.05) is 19.2 Å². The minimum atomic E-state index is -0.804. The highest BCUT2D eigenvalue weighted by Crippen LogP contribution is 2.42. The van der Waals surface area contributed by atoms with Crippen molar-refractivity contribution in [2.75, 3.05) is 40.4 Å². The maximum atomic E-state index is 13.5. The summed E-state index contributed by atoms with van der Waals surface area (Å²) >= 11 is 0. The van der Waals surface area contributed by atoms with Gasteiger partial charge >= 0.3 is 0 Å². The fourth-order valence-corrected chi connectivity index (χ4v) is 4.65. The molecular formula is C32H36N2O6. The smallest absolute Gasteiger partial charge is 0.295 e. The Bertz CT molecular complexity index is 1370. The molecule has 0 radical (unpaired) electrons. The number of likely N-dealkylation sites (N-methyl/N-ethyl adjacent to an activating group) is 1. The summed E-state index contributed by atoms with van der Waals surface area (Å²) < 4.78 is 17.4. The molecule has 40 heavy (non-hydrogen) atoms. The van der Waals surface area contributed by atoms with E-state index in [0.717, 1.165) is 5.56 Å². The van der Waals surface area contributed by atoms with Crippen LogP contribution in [-0.2, 0) is 16.2 Å². The summed E-state index contributed by atoms with van der Waals surface area (Å²) in [6, 6.07) is 21.3. The molecule has 0 saturated carbocycles. The van der Waals surface area contributed by atoms with E-state index in [1.807, 2.05) is 87.4 Å². The number of Topliss-reactive ketones (excluding diaryl/α,β-unsaturated/α-hetero) is 1. The van der Waals surface area contributed by atoms with Crippen LogP contribution < -0.4 is 14.2 Å². The van der Waals surface area contributed by atoms with Gasteiger partial charge in [-0.2, -0.15) is 0 Å². The number of hydrogen-bond donors (Lipinski definition) is 1. The van der Waals surface area contributed by atoms with Gasteiger partial charge in [-0.05, 0) is 63.3 Å². The second kappa shape index (κ2) is 13.2. The number of amides is 1. The number of aliphatic hydroxyl groups is 1. The van der Waals surface area contributed by atoms with Crippen molar-refractivity contribution >= 4 is 17.4 Å². The molecule has 0 aliphatic carbocycles. The first kappa shape index (κ1) is 28.7. The van der Waals surface area contributed by atoms with E-state index >= 15 is 0 Å². The molecule has 210 valence electrons. The van der Waals surface area contributed by atoms with Crippen molar-refractivity contribution in [2.24, 2.45) is 0 Å². The van der Waals surface area contributed by atoms with Crippen molar-refractivity contribution in [3.8, 4) is 17.2 Å². The number of carbonyl (C=O) groups is 2. The molecule has 0 aromatic heterocycles. The normalized spacial score (nSPS) is 16.4. The van der Waals surface area contributed by atoms with E-state index in [4.69, 9.17) is 14.2 Å². The van der Waals surface area contributed by atoms with Gasteiger partial charge in [-0.15, -0.1) is 0 Å². The zero-order chi connectivity index (χ0) is 28.6. The minimum absolute atomic E-state index is 0.00841. The third-order valence-electron chi connectivity index (χ3n) is 6.57. The molecule has 8 nitrogen and oxygen atoms in total. The molecule has 1 heterocycles. The number of carbonyl (C=O) groups excluding carboxylic acids is 2. The van der Waals surface area contributed by atoms with E-state index in [0.29, 0.717) is 61.3 Å². The molecule has 1 aliphatic rings. The van der Waals surface area contributed by atoms with Crippen LogP contribution >= 0.6 is 0 Å². The molecule has 3 aromatic carbocycles. The van der Waals surface area contributed by atoms with E-state index in [9.17, 15) is 14.7 Å². The highest BCUT2D eigenvalue weighted by molar-refractivity contribution is 6.46. The van der Waals surface area contributed by atoms with Crippen LogP contribution in [0.5, 0.6) is 17.2 Å². The predicted octanol–water partition coefficient (Wildman–Crippen LogP) is 5.05. The summed E-state index contributed by atoms with van der Waals surface area (Å²) in [5.74, 6) is -0.160. The Hall–Kier alpha value is -4.30. The van der Waals surface area contributed by atoms with Gasteiger partial charge in [-0.1, -0.05) is 42.5 Å². The first-order valence-electron chi connectivity index (χ1n) is 13.4. The molecule has 1 aliphatic heterocycles. The average Bonchev–Trinajstić information content (AvgIpc) is 3.21. The van der Waals surface area contributed by atoms with Gasteiger partial charge in [-0.25, -0.2) is 0 Å². The number of ketones is 1. The van der Waals surface area contributed by atoms with Crippen molar-refractivity contribution in [2.45, 2.75) is 26.5 Å². The van der Waals surface area contributed by atoms with Crippen molar-refractivity contribution in [1.29, 1.82) is 0 Å². The van der Waals surface area contributed by atoms with Crippen LogP contribution in [0.4, 0.5) is 0 Å². The highest BCUT2D eigenvalue weighted by atomic mass is 16.5. The third-order valence-corrected chi connectivity index (χ3v) is 6.57. The molecule has 0 bridgehead atoms. The van der Waals surface area contributed by atoms with E-state index in [1.54, 1.807) is 18.2 Å². The van der Waals surface area contributed by atoms with Crippen molar-refractivity contribution in [3.05, 3.63) is 95.1 Å². The Morgan fingerprint density at radius 1 is 0.875 bits per heavy atom. The molecule has 1 unspecified atom stereocenters. The third kappa shape index (κ3) is 6.46. The SMILES string of the molecule is CCOc1ccc(/C(O)=C2\C(=O)C(=O)N(CCN(C)C)C2c2cccc(OCc3ccccc3)c2)c(OCC)c1. The highest BCUT2D eigenvalue weighted by Gasteiger charge is 2.46. The van der Waals surface area contributed by atoms with Crippen LogP contribution in [0.1, 0.15) is 36.6 Å². The molecule has 4 rings (SSSR count). The largest absolute Gasteiger partial charge is 0.507 e. The monoisotopic (exact) mass is 544 g/mol. The fourth-order valence-electron chi connectivity index (χ4n) is 4.65. The Kier molecular flexibility index (Phi) is 9.45. The summed E-state index contributed by atoms with van der Waals surface area (Å²) in [7, 11) is 3.80. The zero-order valence-corrected chi connectivity index (χ0v) is 23.4. The lowest BCUT2D eigenvalue weighted by molar-refractivity contribution is -0.140. The Balaban J connectivity index is 1.78. The molecule has 3 aromatic rings. The first-order chi connectivity index (χ1) is 19.3. The molecule has 1 amide bonds. The van der Waals surface area contributed by atoms with Crippen LogP contribution in [0.15, 0.2) is 78.4 Å². The number of benzene rings is 3. The summed E-state index contributed by atoms with van der Waals surface area (Å²) in [5, 5.41) is 11.6. The lowest BCUT2D eigenvalue weighted by Gasteiger charge is -2.27. The van der Waals surface area contributed by atoms with E-state index < -0.39 is 17.7 Å². The maximum absolute atomic E-state index is 13.5. The summed E-state index contributed by atoms with van der Waals surface area (Å²) in [6.07, 6.45) is 0. The lowest BCUT2D eigenvalue weighted by atomic mass is 9.94. The number of rotatable bonds is 12. The van der Waals surface area contributed by atoms with Crippen LogP contribution in [-0.4, -0.2) is 67.0 Å². The maximum Gasteiger partial charge on any atom is 0.295 e. The molecular weight excluding hydrogens is 508 g/mol. The number of likely N-dealkylation sites (tertiary alicyclic amines) is 1. The predicted molar refractivity (Wildman–Crippen MR) is 154 cm³/mol. The van der Waals surface area contributed by atoms with Gasteiger partial charge in [0.15, 0.2) is 0 Å². The lowest BCUT2D eigenvalue weighted by Crippen LogP contribution is -2.35. The van der Waals surface area contributed by atoms with Crippen molar-refractivity contribution < 1.29 is 28.9 Å². The first-order valence-corrected chi connectivity index (χ1v) is 13.4. The molecule has 1 fully saturated rings. The topological polar surface area (TPSA) is 88.5 Å². The average molecular weight is 545 g/mol. The number of aliphatic hydroxyl groups excluding tert-OH is 1. The van der Waals surface area contributed by atoms with Crippen LogP contribution in [0.3, 0.4) is 0 Å². The molecule has 1 atom stereocenters. The number of ether oxygens (including phenoxy) is 3. The molecule has 1 saturated heterocycles. The quantitative estimate of drug-likeness (QED) is 0.194. The van der Waals surface area contributed by atoms with Crippen LogP contribution in [0, 0.1) is 0 Å². The van der Waals surface area contributed by atoms with E-state index in [-0.39, 0.29) is 11.3 Å². The van der Waals surface area contributed by atoms with Crippen molar-refractivity contribution in [3.63, 3.8) is 0 Å². The zero-order valence-electron chi connectivity index (χ0n) is 23.4. The molecule has 1 N–H and O–H groups in total. The second-order valence-electron chi connectivity index (χ2n) is 9.67. The number of hydrogen-bond acceptors (Lipinski definition) is 7. The van der Waals surface area contributed by atoms with Crippen LogP contribution in [0.2, 0.25) is 0 Å². The summed E-state index contributed by atoms with van der Waals surface area (Å²) in [4.78, 5) is 30.3.